The topological polar surface area (TPSA) is 22.0 Å². The molecule has 0 aliphatic heterocycles. The third-order valence-corrected chi connectivity index (χ3v) is 3.24. The molecule has 0 N–H and O–H groups in total. The molecule has 1 heterocycles. The molecule has 0 aliphatic carbocycles. The van der Waals surface area contributed by atoms with Crippen molar-refractivity contribution in [3.05, 3.63) is 67.4 Å². The third-order valence-electron chi connectivity index (χ3n) is 2.60. The van der Waals surface area contributed by atoms with E-state index in [0.29, 0.717) is 6.54 Å². The van der Waals surface area contributed by atoms with Crippen LogP contribution in [-0.2, 0) is 6.54 Å². The molecule has 0 unspecified atom stereocenters. The maximum absolute atomic E-state index is 13.1. The lowest BCUT2D eigenvalue weighted by atomic mass is 10.1. The highest BCUT2D eigenvalue weighted by Gasteiger charge is 2.03. The molecule has 0 saturated carbocycles. The number of benzene rings is 1. The molecule has 0 radical (unpaired) electrons. The molecule has 17 heavy (non-hydrogen) atoms. The molecule has 1 aromatic heterocycles. The monoisotopic (exact) mass is 343 g/mol. The van der Waals surface area contributed by atoms with Gasteiger partial charge in [-0.1, -0.05) is 6.07 Å². The summed E-state index contributed by atoms with van der Waals surface area (Å²) in [7, 11) is 0. The summed E-state index contributed by atoms with van der Waals surface area (Å²) in [6.45, 7) is 2.31. The van der Waals surface area contributed by atoms with E-state index in [2.05, 4.69) is 22.6 Å². The number of hydrogen-bond acceptors (Lipinski definition) is 1. The van der Waals surface area contributed by atoms with Crippen LogP contribution in [0.3, 0.4) is 0 Å². The molecule has 0 amide bonds. The van der Waals surface area contributed by atoms with Crippen molar-refractivity contribution >= 4 is 22.6 Å². The Labute approximate surface area is 112 Å². The van der Waals surface area contributed by atoms with Gasteiger partial charge in [0.25, 0.3) is 5.56 Å². The van der Waals surface area contributed by atoms with Crippen LogP contribution in [0.15, 0.2) is 41.3 Å². The van der Waals surface area contributed by atoms with Crippen molar-refractivity contribution < 1.29 is 4.39 Å². The first-order chi connectivity index (χ1) is 8.06. The van der Waals surface area contributed by atoms with Crippen molar-refractivity contribution in [2.75, 3.05) is 0 Å². The predicted molar refractivity (Wildman–Crippen MR) is 73.7 cm³/mol. The summed E-state index contributed by atoms with van der Waals surface area (Å²) in [5.74, 6) is -0.274. The molecule has 88 valence electrons. The molecule has 2 rings (SSSR count). The van der Waals surface area contributed by atoms with Gasteiger partial charge in [-0.2, -0.15) is 0 Å². The van der Waals surface area contributed by atoms with Crippen LogP contribution in [0.25, 0.3) is 0 Å². The maximum atomic E-state index is 13.1. The number of hydrogen-bond donors (Lipinski definition) is 0. The van der Waals surface area contributed by atoms with Crippen LogP contribution in [0.5, 0.6) is 0 Å². The molecule has 0 atom stereocenters. The average molecular weight is 343 g/mol. The van der Waals surface area contributed by atoms with Crippen LogP contribution in [-0.4, -0.2) is 4.57 Å². The van der Waals surface area contributed by atoms with Gasteiger partial charge in [0.05, 0.1) is 6.54 Å². The minimum Gasteiger partial charge on any atom is -0.310 e. The van der Waals surface area contributed by atoms with Gasteiger partial charge in [-0.25, -0.2) is 4.39 Å². The van der Waals surface area contributed by atoms with Crippen LogP contribution in [0.1, 0.15) is 11.1 Å². The molecule has 0 fully saturated rings. The first-order valence-electron chi connectivity index (χ1n) is 5.17. The van der Waals surface area contributed by atoms with Crippen molar-refractivity contribution in [1.82, 2.24) is 4.57 Å². The minimum atomic E-state index is -0.274. The zero-order valence-corrected chi connectivity index (χ0v) is 11.4. The van der Waals surface area contributed by atoms with E-state index >= 15 is 0 Å². The van der Waals surface area contributed by atoms with E-state index in [4.69, 9.17) is 0 Å². The molecule has 1 aromatic carbocycles. The summed E-state index contributed by atoms with van der Waals surface area (Å²) < 4.78 is 15.7. The van der Waals surface area contributed by atoms with Gasteiger partial charge < -0.3 is 4.57 Å². The van der Waals surface area contributed by atoms with Crippen LogP contribution in [0, 0.1) is 16.3 Å². The second kappa shape index (κ2) is 5.00. The standard InChI is InChI=1S/C13H11FINO/c1-9-2-3-11(14)6-10(9)7-16-8-12(15)4-5-13(16)17/h2-6,8H,7H2,1H3. The molecule has 2 aromatic rings. The molecule has 0 saturated heterocycles. The SMILES string of the molecule is Cc1ccc(F)cc1Cn1cc(I)ccc1=O. The average Bonchev–Trinajstić information content (AvgIpc) is 2.28. The normalized spacial score (nSPS) is 10.5. The van der Waals surface area contributed by atoms with Crippen molar-refractivity contribution in [2.24, 2.45) is 0 Å². The van der Waals surface area contributed by atoms with Gasteiger partial charge in [0.1, 0.15) is 5.82 Å². The number of pyridine rings is 1. The number of rotatable bonds is 2. The van der Waals surface area contributed by atoms with E-state index in [0.717, 1.165) is 14.7 Å². The molecule has 0 bridgehead atoms. The zero-order valence-electron chi connectivity index (χ0n) is 9.28. The number of aromatic nitrogens is 1. The van der Waals surface area contributed by atoms with Crippen LogP contribution in [0.4, 0.5) is 4.39 Å². The van der Waals surface area contributed by atoms with Crippen LogP contribution in [0.2, 0.25) is 0 Å². The number of halogens is 2. The second-order valence-corrected chi connectivity index (χ2v) is 5.13. The summed E-state index contributed by atoms with van der Waals surface area (Å²) in [4.78, 5) is 11.6. The Balaban J connectivity index is 2.41. The van der Waals surface area contributed by atoms with Crippen molar-refractivity contribution in [3.8, 4) is 0 Å². The number of nitrogens with zero attached hydrogens (tertiary/aromatic N) is 1. The van der Waals surface area contributed by atoms with Gasteiger partial charge in [0.2, 0.25) is 0 Å². The van der Waals surface area contributed by atoms with Gasteiger partial charge in [0, 0.05) is 15.8 Å². The van der Waals surface area contributed by atoms with E-state index in [1.54, 1.807) is 22.9 Å². The Morgan fingerprint density at radius 2 is 2.06 bits per heavy atom. The summed E-state index contributed by atoms with van der Waals surface area (Å²) in [6, 6.07) is 7.91. The van der Waals surface area contributed by atoms with Gasteiger partial charge in [-0.05, 0) is 58.8 Å². The molecule has 0 aliphatic rings. The smallest absolute Gasteiger partial charge is 0.250 e. The first-order valence-corrected chi connectivity index (χ1v) is 6.25. The van der Waals surface area contributed by atoms with Crippen LogP contribution < -0.4 is 5.56 Å². The van der Waals surface area contributed by atoms with Crippen molar-refractivity contribution in [2.45, 2.75) is 13.5 Å². The fraction of sp³-hybridized carbons (Fsp3) is 0.154. The third kappa shape index (κ3) is 2.94. The summed E-state index contributed by atoms with van der Waals surface area (Å²) in [5.41, 5.74) is 1.74. The Kier molecular flexibility index (Phi) is 3.61. The highest BCUT2D eigenvalue weighted by molar-refractivity contribution is 14.1. The lowest BCUT2D eigenvalue weighted by molar-refractivity contribution is 0.621. The van der Waals surface area contributed by atoms with Gasteiger partial charge in [-0.3, -0.25) is 4.79 Å². The molecular formula is C13H11FINO. The Hall–Kier alpha value is -1.17. The second-order valence-electron chi connectivity index (χ2n) is 3.88. The largest absolute Gasteiger partial charge is 0.310 e. The predicted octanol–water partition coefficient (Wildman–Crippen LogP) is 2.95. The lowest BCUT2D eigenvalue weighted by Gasteiger charge is -2.09. The summed E-state index contributed by atoms with van der Waals surface area (Å²) in [6.07, 6.45) is 1.77. The van der Waals surface area contributed by atoms with Gasteiger partial charge in [-0.15, -0.1) is 0 Å². The highest BCUT2D eigenvalue weighted by atomic mass is 127. The zero-order chi connectivity index (χ0) is 12.4. The van der Waals surface area contributed by atoms with E-state index < -0.39 is 0 Å². The first kappa shape index (κ1) is 12.3. The fourth-order valence-corrected chi connectivity index (χ4v) is 2.14. The van der Waals surface area contributed by atoms with E-state index in [9.17, 15) is 9.18 Å². The fourth-order valence-electron chi connectivity index (χ4n) is 1.62. The van der Waals surface area contributed by atoms with E-state index in [1.807, 2.05) is 6.92 Å². The van der Waals surface area contributed by atoms with Gasteiger partial charge >= 0.3 is 0 Å². The quantitative estimate of drug-likeness (QED) is 0.769. The van der Waals surface area contributed by atoms with Crippen LogP contribution >= 0.6 is 22.6 Å². The highest BCUT2D eigenvalue weighted by Crippen LogP contribution is 2.11. The number of aryl methyl sites for hydroxylation is 1. The molecular weight excluding hydrogens is 332 g/mol. The summed E-state index contributed by atoms with van der Waals surface area (Å²) >= 11 is 2.15. The molecule has 4 heteroatoms. The molecule has 2 nitrogen and oxygen atoms in total. The lowest BCUT2D eigenvalue weighted by Crippen LogP contribution is -2.19. The van der Waals surface area contributed by atoms with E-state index in [-0.39, 0.29) is 11.4 Å². The Bertz CT molecular complexity index is 607. The summed E-state index contributed by atoms with van der Waals surface area (Å²) in [5, 5.41) is 0. The Morgan fingerprint density at radius 1 is 1.29 bits per heavy atom. The Morgan fingerprint density at radius 3 is 2.82 bits per heavy atom. The van der Waals surface area contributed by atoms with E-state index in [1.165, 1.54) is 18.2 Å². The molecule has 0 spiro atoms. The van der Waals surface area contributed by atoms with Crippen molar-refractivity contribution in [3.63, 3.8) is 0 Å². The maximum Gasteiger partial charge on any atom is 0.250 e. The van der Waals surface area contributed by atoms with Crippen molar-refractivity contribution in [1.29, 1.82) is 0 Å². The van der Waals surface area contributed by atoms with Gasteiger partial charge in [0.15, 0.2) is 0 Å². The minimum absolute atomic E-state index is 0.0749.